The van der Waals surface area contributed by atoms with Crippen LogP contribution in [0.25, 0.3) is 0 Å². The Kier molecular flexibility index (Phi) is 5.50. The first kappa shape index (κ1) is 12.9. The molecule has 0 bridgehead atoms. The van der Waals surface area contributed by atoms with Gasteiger partial charge in [0, 0.05) is 22.6 Å². The van der Waals surface area contributed by atoms with Gasteiger partial charge in [0.25, 0.3) is 0 Å². The Hall–Kier alpha value is -0.140. The number of nitrogens with two attached hydrogens (primary N) is 1. The molecule has 0 aromatic carbocycles. The predicted octanol–water partition coefficient (Wildman–Crippen LogP) is 0.619. The van der Waals surface area contributed by atoms with E-state index in [1.165, 1.54) is 0 Å². The van der Waals surface area contributed by atoms with Gasteiger partial charge < -0.3 is 10.5 Å². The highest BCUT2D eigenvalue weighted by atomic mass is 32.2. The van der Waals surface area contributed by atoms with E-state index in [1.807, 2.05) is 0 Å². The average molecular weight is 219 g/mol. The van der Waals surface area contributed by atoms with Gasteiger partial charge in [-0.3, -0.25) is 4.21 Å². The van der Waals surface area contributed by atoms with Crippen molar-refractivity contribution < 1.29 is 22.1 Å². The van der Waals surface area contributed by atoms with Crippen LogP contribution in [0.1, 0.15) is 6.92 Å². The molecule has 13 heavy (non-hydrogen) atoms. The summed E-state index contributed by atoms with van der Waals surface area (Å²) in [6, 6.07) is -0.296. The first-order chi connectivity index (χ1) is 5.81. The monoisotopic (exact) mass is 219 g/mol. The third-order valence-corrected chi connectivity index (χ3v) is 2.26. The van der Waals surface area contributed by atoms with Crippen molar-refractivity contribution in [1.82, 2.24) is 0 Å². The van der Waals surface area contributed by atoms with Gasteiger partial charge >= 0.3 is 6.18 Å². The van der Waals surface area contributed by atoms with E-state index in [-0.39, 0.29) is 11.8 Å². The van der Waals surface area contributed by atoms with E-state index in [0.717, 1.165) is 0 Å². The second-order valence-corrected chi connectivity index (χ2v) is 4.11. The number of halogens is 3. The Bertz CT molecular complexity index is 172. The Morgan fingerprint density at radius 2 is 2.08 bits per heavy atom. The summed E-state index contributed by atoms with van der Waals surface area (Å²) >= 11 is 0. The molecule has 7 heteroatoms. The molecule has 0 saturated carbocycles. The molecule has 0 saturated heterocycles. The minimum atomic E-state index is -4.36. The van der Waals surface area contributed by atoms with Crippen LogP contribution in [0.2, 0.25) is 0 Å². The third-order valence-electron chi connectivity index (χ3n) is 0.929. The number of ether oxygens (including phenoxy) is 1. The van der Waals surface area contributed by atoms with Crippen LogP contribution in [0.4, 0.5) is 13.2 Å². The summed E-state index contributed by atoms with van der Waals surface area (Å²) in [5.74, 6) is -0.265. The Labute approximate surface area is 76.9 Å². The molecule has 0 aliphatic rings. The summed E-state index contributed by atoms with van der Waals surface area (Å²) in [7, 11) is -1.43. The van der Waals surface area contributed by atoms with Crippen molar-refractivity contribution in [3.8, 4) is 0 Å². The molecule has 0 heterocycles. The highest BCUT2D eigenvalue weighted by molar-refractivity contribution is 7.84. The Balaban J connectivity index is 3.49. The van der Waals surface area contributed by atoms with Crippen LogP contribution in [0.3, 0.4) is 0 Å². The zero-order chi connectivity index (χ0) is 10.5. The van der Waals surface area contributed by atoms with Gasteiger partial charge in [-0.05, 0) is 6.92 Å². The summed E-state index contributed by atoms with van der Waals surface area (Å²) in [5, 5.41) is 0. The van der Waals surface area contributed by atoms with Gasteiger partial charge in [-0.1, -0.05) is 0 Å². The fourth-order valence-corrected chi connectivity index (χ4v) is 1.54. The zero-order valence-electron chi connectivity index (χ0n) is 7.13. The molecule has 0 radical (unpaired) electrons. The molecule has 0 aliphatic carbocycles. The number of hydrogen-bond acceptors (Lipinski definition) is 3. The van der Waals surface area contributed by atoms with Gasteiger partial charge in [0.15, 0.2) is 0 Å². The lowest BCUT2D eigenvalue weighted by Gasteiger charge is -2.08. The fraction of sp³-hybridized carbons (Fsp3) is 1.00. The lowest BCUT2D eigenvalue weighted by molar-refractivity contribution is -0.169. The molecule has 0 amide bonds. The summed E-state index contributed by atoms with van der Waals surface area (Å²) < 4.78 is 49.6. The molecule has 3 nitrogen and oxygen atoms in total. The van der Waals surface area contributed by atoms with Crippen LogP contribution in [0.15, 0.2) is 0 Å². The second kappa shape index (κ2) is 5.56. The number of rotatable bonds is 5. The molecule has 2 N–H and O–H groups in total. The standard InChI is InChI=1S/C6H12F3NO2S/c1-5(10)2-13(11)4-12-3-6(7,8)9/h5H,2-4,10H2,1H3. The van der Waals surface area contributed by atoms with Crippen LogP contribution < -0.4 is 5.73 Å². The van der Waals surface area contributed by atoms with Crippen LogP contribution in [-0.2, 0) is 15.5 Å². The maximum atomic E-state index is 11.5. The van der Waals surface area contributed by atoms with Crippen molar-refractivity contribution in [3.05, 3.63) is 0 Å². The van der Waals surface area contributed by atoms with Crippen LogP contribution in [0.5, 0.6) is 0 Å². The molecule has 0 aromatic rings. The summed E-state index contributed by atoms with van der Waals surface area (Å²) in [6.45, 7) is 0.263. The maximum Gasteiger partial charge on any atom is 0.411 e. The van der Waals surface area contributed by atoms with E-state index in [4.69, 9.17) is 5.73 Å². The van der Waals surface area contributed by atoms with Crippen molar-refractivity contribution in [2.75, 3.05) is 18.3 Å². The Morgan fingerprint density at radius 1 is 1.54 bits per heavy atom. The van der Waals surface area contributed by atoms with E-state index >= 15 is 0 Å². The predicted molar refractivity (Wildman–Crippen MR) is 43.5 cm³/mol. The highest BCUT2D eigenvalue weighted by Crippen LogP contribution is 2.14. The van der Waals surface area contributed by atoms with Crippen LogP contribution in [0, 0.1) is 0 Å². The molecule has 80 valence electrons. The maximum absolute atomic E-state index is 11.5. The van der Waals surface area contributed by atoms with Crippen molar-refractivity contribution in [2.45, 2.75) is 19.1 Å². The van der Waals surface area contributed by atoms with E-state index < -0.39 is 29.5 Å². The number of alkyl halides is 3. The molecule has 0 rings (SSSR count). The van der Waals surface area contributed by atoms with E-state index in [1.54, 1.807) is 6.92 Å². The minimum Gasteiger partial charge on any atom is -0.359 e. The van der Waals surface area contributed by atoms with Crippen LogP contribution >= 0.6 is 0 Å². The summed E-state index contributed by atoms with van der Waals surface area (Å²) in [6.07, 6.45) is -4.36. The van der Waals surface area contributed by atoms with Crippen molar-refractivity contribution in [1.29, 1.82) is 0 Å². The lowest BCUT2D eigenvalue weighted by Crippen LogP contribution is -2.26. The highest BCUT2D eigenvalue weighted by Gasteiger charge is 2.27. The van der Waals surface area contributed by atoms with Gasteiger partial charge in [0.05, 0.1) is 0 Å². The summed E-state index contributed by atoms with van der Waals surface area (Å²) in [4.78, 5) is 0. The molecule has 2 unspecified atom stereocenters. The first-order valence-corrected chi connectivity index (χ1v) is 5.05. The quantitative estimate of drug-likeness (QED) is 0.737. The molecular weight excluding hydrogens is 207 g/mol. The second-order valence-electron chi connectivity index (χ2n) is 2.67. The third kappa shape index (κ3) is 9.78. The minimum absolute atomic E-state index is 0.151. The smallest absolute Gasteiger partial charge is 0.359 e. The van der Waals surface area contributed by atoms with E-state index in [9.17, 15) is 17.4 Å². The van der Waals surface area contributed by atoms with E-state index in [2.05, 4.69) is 4.74 Å². The van der Waals surface area contributed by atoms with Gasteiger partial charge in [-0.25, -0.2) is 0 Å². The topological polar surface area (TPSA) is 52.3 Å². The van der Waals surface area contributed by atoms with Crippen molar-refractivity contribution >= 4 is 10.8 Å². The number of hydrogen-bond donors (Lipinski definition) is 1. The van der Waals surface area contributed by atoms with Crippen molar-refractivity contribution in [2.24, 2.45) is 5.73 Å². The molecule has 0 aliphatic heterocycles. The van der Waals surface area contributed by atoms with Gasteiger partial charge in [-0.2, -0.15) is 13.2 Å². The van der Waals surface area contributed by atoms with Crippen molar-refractivity contribution in [3.63, 3.8) is 0 Å². The molecule has 2 atom stereocenters. The first-order valence-electron chi connectivity index (χ1n) is 3.56. The molecular formula is C6H12F3NO2S. The zero-order valence-corrected chi connectivity index (χ0v) is 7.95. The largest absolute Gasteiger partial charge is 0.411 e. The van der Waals surface area contributed by atoms with Gasteiger partial charge in [0.2, 0.25) is 0 Å². The van der Waals surface area contributed by atoms with Gasteiger partial charge in [0.1, 0.15) is 12.5 Å². The molecule has 0 fully saturated rings. The SMILES string of the molecule is CC(N)CS(=O)COCC(F)(F)F. The Morgan fingerprint density at radius 3 is 2.46 bits per heavy atom. The summed E-state index contributed by atoms with van der Waals surface area (Å²) in [5.41, 5.74) is 5.28. The van der Waals surface area contributed by atoms with Gasteiger partial charge in [-0.15, -0.1) is 0 Å². The van der Waals surface area contributed by atoms with Crippen LogP contribution in [-0.4, -0.2) is 34.7 Å². The lowest BCUT2D eigenvalue weighted by atomic mass is 10.4. The fourth-order valence-electron chi connectivity index (χ4n) is 0.592. The average Bonchev–Trinajstić information content (AvgIpc) is 1.81. The van der Waals surface area contributed by atoms with E-state index in [0.29, 0.717) is 0 Å². The molecule has 0 aromatic heterocycles. The normalized spacial score (nSPS) is 17.0. The molecule has 0 spiro atoms.